The van der Waals surface area contributed by atoms with E-state index >= 15 is 0 Å². The third-order valence-electron chi connectivity index (χ3n) is 11.2. The molecule has 2 aromatic rings. The van der Waals surface area contributed by atoms with Crippen LogP contribution in [0.25, 0.3) is 0 Å². The number of ketones is 1. The molecule has 9 atom stereocenters. The van der Waals surface area contributed by atoms with Crippen molar-refractivity contribution in [1.29, 1.82) is 0 Å². The van der Waals surface area contributed by atoms with Gasteiger partial charge in [0.1, 0.15) is 35.0 Å². The zero-order valence-electron chi connectivity index (χ0n) is 26.5. The molecule has 8 unspecified atom stereocenters. The van der Waals surface area contributed by atoms with Crippen molar-refractivity contribution in [1.82, 2.24) is 0 Å². The van der Waals surface area contributed by atoms with E-state index in [9.17, 15) is 29.7 Å². The van der Waals surface area contributed by atoms with Gasteiger partial charge in [0, 0.05) is 73.7 Å². The van der Waals surface area contributed by atoms with Crippen molar-refractivity contribution in [3.63, 3.8) is 0 Å². The molecule has 3 N–H and O–H groups in total. The van der Waals surface area contributed by atoms with Gasteiger partial charge in [-0.15, -0.1) is 0 Å². The Morgan fingerprint density at radius 3 is 2.37 bits per heavy atom. The fourth-order valence-electron chi connectivity index (χ4n) is 8.20. The predicted molar refractivity (Wildman–Crippen MR) is 158 cm³/mol. The van der Waals surface area contributed by atoms with E-state index in [1.165, 1.54) is 12.3 Å². The predicted octanol–water partition coefficient (Wildman–Crippen LogP) is 3.57. The van der Waals surface area contributed by atoms with E-state index in [1.807, 2.05) is 0 Å². The van der Waals surface area contributed by atoms with E-state index in [0.29, 0.717) is 24.0 Å². The van der Waals surface area contributed by atoms with E-state index in [-0.39, 0.29) is 80.6 Å². The Morgan fingerprint density at radius 1 is 1.07 bits per heavy atom. The molecule has 1 aromatic heterocycles. The van der Waals surface area contributed by atoms with Crippen LogP contribution in [0, 0.1) is 67.7 Å². The second-order valence-electron chi connectivity index (χ2n) is 13.8. The summed E-state index contributed by atoms with van der Waals surface area (Å²) in [4.78, 5) is 41.3. The van der Waals surface area contributed by atoms with Gasteiger partial charge in [0.25, 0.3) is 0 Å². The molecular formula is C35H40AcO10. The van der Waals surface area contributed by atoms with Gasteiger partial charge in [0.15, 0.2) is 6.10 Å². The Bertz CT molecular complexity index is 1520. The Hall–Kier alpha value is -1.87. The van der Waals surface area contributed by atoms with E-state index < -0.39 is 70.2 Å². The van der Waals surface area contributed by atoms with Gasteiger partial charge in [-0.3, -0.25) is 4.79 Å². The van der Waals surface area contributed by atoms with Crippen LogP contribution in [0.5, 0.6) is 0 Å². The molecule has 1 saturated heterocycles. The number of hydrogen-bond acceptors (Lipinski definition) is 10. The molecule has 2 saturated carbocycles. The first-order valence-electron chi connectivity index (χ1n) is 15.4. The van der Waals surface area contributed by atoms with Gasteiger partial charge in [0.05, 0.1) is 30.5 Å². The van der Waals surface area contributed by atoms with E-state index in [1.54, 1.807) is 64.1 Å². The SMILES string of the molecule is [Ac].[CH]C(c1ccco1)C(O)C(=O)OC1CC2(O)C(OC(=O)c3ccccc3)C3C4(O)COC4CC[C@@]3(C)C(=O)CC(=C1C)C2(C)C. The summed E-state index contributed by atoms with van der Waals surface area (Å²) >= 11 is 0. The molecule has 46 heavy (non-hydrogen) atoms. The Balaban J connectivity index is 0.00000417. The largest absolute Gasteiger partial charge is 0.469 e. The van der Waals surface area contributed by atoms with Crippen LogP contribution in [-0.2, 0) is 23.8 Å². The third kappa shape index (κ3) is 5.38. The van der Waals surface area contributed by atoms with Gasteiger partial charge in [0.2, 0.25) is 0 Å². The quantitative estimate of drug-likeness (QED) is 0.291. The fraction of sp³-hybridized carbons (Fsp3) is 0.543. The number of hydrogen-bond donors (Lipinski definition) is 3. The summed E-state index contributed by atoms with van der Waals surface area (Å²) in [7, 11) is 0. The first-order chi connectivity index (χ1) is 21.1. The summed E-state index contributed by atoms with van der Waals surface area (Å²) in [5.41, 5.74) is -4.49. The van der Waals surface area contributed by atoms with Crippen LogP contribution in [-0.4, -0.2) is 75.3 Å². The molecule has 4 aliphatic rings. The third-order valence-corrected chi connectivity index (χ3v) is 11.2. The number of carbonyl (C=O) groups excluding carboxylic acids is 3. The first-order valence-corrected chi connectivity index (χ1v) is 15.4. The zero-order valence-corrected chi connectivity index (χ0v) is 31.2. The molecule has 10 nitrogen and oxygen atoms in total. The number of aliphatic hydroxyl groups is 3. The number of Topliss-reactive ketones (excluding diaryl/α,β-unsaturated/α-hetero) is 1. The maximum absolute atomic E-state index is 14.4. The second kappa shape index (κ2) is 12.5. The molecule has 3 fully saturated rings. The normalized spacial score (nSPS) is 36.0. The maximum atomic E-state index is 14.4. The minimum atomic E-state index is -1.94. The monoisotopic (exact) mass is 847 g/mol. The van der Waals surface area contributed by atoms with Crippen LogP contribution >= 0.6 is 0 Å². The minimum Gasteiger partial charge on any atom is -0.469 e. The van der Waals surface area contributed by atoms with E-state index in [2.05, 4.69) is 0 Å². The number of esters is 2. The average Bonchev–Trinajstić information content (AvgIpc) is 3.55. The Labute approximate surface area is 304 Å². The van der Waals surface area contributed by atoms with Gasteiger partial charge in [-0.25, -0.2) is 9.59 Å². The van der Waals surface area contributed by atoms with Crippen LogP contribution in [0.1, 0.15) is 75.4 Å². The van der Waals surface area contributed by atoms with Crippen molar-refractivity contribution in [3.05, 3.63) is 78.1 Å². The van der Waals surface area contributed by atoms with Crippen molar-refractivity contribution < 1.29 is 92.4 Å². The van der Waals surface area contributed by atoms with Crippen LogP contribution in [0.2, 0.25) is 0 Å². The van der Waals surface area contributed by atoms with Crippen LogP contribution in [0.15, 0.2) is 64.3 Å². The number of ether oxygens (including phenoxy) is 3. The smallest absolute Gasteiger partial charge is 0.338 e. The zero-order chi connectivity index (χ0) is 32.5. The molecule has 243 valence electrons. The second-order valence-corrected chi connectivity index (χ2v) is 13.8. The summed E-state index contributed by atoms with van der Waals surface area (Å²) in [6, 6.07) is 11.4. The molecule has 2 heterocycles. The van der Waals surface area contributed by atoms with Gasteiger partial charge >= 0.3 is 11.9 Å². The molecule has 0 amide bonds. The molecule has 1 aliphatic heterocycles. The maximum Gasteiger partial charge on any atom is 0.338 e. The molecule has 1 aromatic carbocycles. The Morgan fingerprint density at radius 2 is 1.76 bits per heavy atom. The van der Waals surface area contributed by atoms with Crippen molar-refractivity contribution in [2.24, 2.45) is 16.7 Å². The standard InChI is InChI=1S/C35H40O10.Ac/c1-19-22-16-25(36)33(5)14-13-26-34(40,18-43-26)28(33)29(45-30(38)21-10-7-6-8-11-21)35(41,32(22,3)4)17-24(19)44-31(39)27(37)20(2)23-12-9-15-42-23;/h2,6-12,15,20,24,26-29,37,40-41H,13-14,16-18H2,1,3-5H3;/t20?,24?,26?,27?,28?,29?,33-,34?,35?;/m0./s1. The van der Waals surface area contributed by atoms with Crippen molar-refractivity contribution in [2.75, 3.05) is 6.61 Å². The number of furan rings is 1. The molecule has 2 bridgehead atoms. The molecular weight excluding hydrogens is 807 g/mol. The average molecular weight is 848 g/mol. The molecule has 11 heteroatoms. The van der Waals surface area contributed by atoms with Crippen molar-refractivity contribution >= 4 is 17.7 Å². The summed E-state index contributed by atoms with van der Waals surface area (Å²) in [5.74, 6) is -4.00. The van der Waals surface area contributed by atoms with Gasteiger partial charge in [-0.05, 0) is 56.5 Å². The van der Waals surface area contributed by atoms with Crippen LogP contribution in [0.3, 0.4) is 0 Å². The molecule has 3 aliphatic carbocycles. The molecule has 0 spiro atoms. The first kappa shape index (κ1) is 35.4. The summed E-state index contributed by atoms with van der Waals surface area (Å²) in [6.07, 6.45) is -3.05. The summed E-state index contributed by atoms with van der Waals surface area (Å²) < 4.78 is 23.1. The van der Waals surface area contributed by atoms with Crippen molar-refractivity contribution in [3.8, 4) is 0 Å². The van der Waals surface area contributed by atoms with Gasteiger partial charge < -0.3 is 33.9 Å². The van der Waals surface area contributed by atoms with E-state index in [4.69, 9.17) is 25.6 Å². The minimum absolute atomic E-state index is 0. The number of aliphatic hydroxyl groups excluding tert-OH is 1. The fourth-order valence-corrected chi connectivity index (χ4v) is 8.20. The molecule has 3 radical (unpaired) electrons. The molecule has 6 rings (SSSR count). The Kier molecular flexibility index (Phi) is 9.66. The summed E-state index contributed by atoms with van der Waals surface area (Å²) in [6.45, 7) is 13.0. The summed E-state index contributed by atoms with van der Waals surface area (Å²) in [5, 5.41) is 35.9. The number of benzene rings is 1. The van der Waals surface area contributed by atoms with Gasteiger partial charge in [-0.1, -0.05) is 44.5 Å². The van der Waals surface area contributed by atoms with E-state index in [0.717, 1.165) is 0 Å². The van der Waals surface area contributed by atoms with Crippen LogP contribution in [0.4, 0.5) is 0 Å². The number of carbonyl (C=O) groups is 3. The number of fused-ring (bicyclic) bond motifs is 5. The van der Waals surface area contributed by atoms with Crippen LogP contribution < -0.4 is 0 Å². The van der Waals surface area contributed by atoms with Gasteiger partial charge in [-0.2, -0.15) is 0 Å². The topological polar surface area (TPSA) is 153 Å². The van der Waals surface area contributed by atoms with Crippen molar-refractivity contribution in [2.45, 2.75) is 94.9 Å². The number of rotatable bonds is 6.